The van der Waals surface area contributed by atoms with Crippen molar-refractivity contribution in [2.75, 3.05) is 126 Å². The van der Waals surface area contributed by atoms with E-state index in [4.69, 9.17) is 123 Å². The quantitative estimate of drug-likeness (QED) is 0.0575. The number of aliphatic hydroxyl groups is 24. The van der Waals surface area contributed by atoms with Gasteiger partial charge < -0.3 is 123 Å². The molecule has 0 amide bonds. The van der Waals surface area contributed by atoms with Gasteiger partial charge in [0.1, 0.15) is 30.5 Å². The number of hydrogen-bond acceptors (Lipinski definition) is 24. The highest BCUT2D eigenvalue weighted by atomic mass is 16.4. The van der Waals surface area contributed by atoms with Gasteiger partial charge in [0.2, 0.25) is 0 Å². The summed E-state index contributed by atoms with van der Waals surface area (Å²) in [7, 11) is 0. The molecule has 0 aromatic heterocycles. The van der Waals surface area contributed by atoms with Gasteiger partial charge in [0.25, 0.3) is 0 Å². The average Bonchev–Trinajstić information content (AvgIpc) is 3.25. The van der Waals surface area contributed by atoms with Gasteiger partial charge in [-0.05, 0) is 0 Å². The van der Waals surface area contributed by atoms with Crippen molar-refractivity contribution in [1.82, 2.24) is 0 Å². The van der Waals surface area contributed by atoms with Gasteiger partial charge in [-0.25, -0.2) is 0 Å². The van der Waals surface area contributed by atoms with Crippen LogP contribution in [0.5, 0.6) is 0 Å². The molecule has 54 heavy (non-hydrogen) atoms. The SMILES string of the molecule is CC(CO)(CO)CO.CC(CO)(CO)CO.CC(CO)(CO)CO.OCC(O)CO.OCC(O)CO.OCC(O)CO.OCC(O)CO.OCC(O)CO. The Hall–Kier alpha value is -0.960. The molecule has 0 spiro atoms. The molecule has 24 N–H and O–H groups in total. The summed E-state index contributed by atoms with van der Waals surface area (Å²) >= 11 is 0. The first-order chi connectivity index (χ1) is 25.1. The first-order valence-corrected chi connectivity index (χ1v) is 16.1. The molecular formula is C30H76O24. The average molecular weight is 821 g/mol. The summed E-state index contributed by atoms with van der Waals surface area (Å²) in [6.45, 7) is -0.458. The Balaban J connectivity index is -0.0000000749. The normalized spacial score (nSPS) is 10.9. The summed E-state index contributed by atoms with van der Waals surface area (Å²) in [5.41, 5.74) is -2.13. The van der Waals surface area contributed by atoms with Crippen LogP contribution in [-0.2, 0) is 0 Å². The number of rotatable bonds is 19. The molecule has 0 radical (unpaired) electrons. The Morgan fingerprint density at radius 2 is 0.296 bits per heavy atom. The van der Waals surface area contributed by atoms with Crippen molar-refractivity contribution in [1.29, 1.82) is 0 Å². The second-order valence-corrected chi connectivity index (χ2v) is 11.9. The molecular weight excluding hydrogens is 744 g/mol. The van der Waals surface area contributed by atoms with Crippen molar-refractivity contribution in [3.05, 3.63) is 0 Å². The van der Waals surface area contributed by atoms with E-state index in [1.165, 1.54) is 0 Å². The molecule has 0 aromatic carbocycles. The lowest BCUT2D eigenvalue weighted by molar-refractivity contribution is 0.0198. The van der Waals surface area contributed by atoms with Gasteiger partial charge in [-0.3, -0.25) is 0 Å². The molecule has 0 aliphatic rings. The number of hydrogen-bond donors (Lipinski definition) is 24. The molecule has 0 heterocycles. The lowest BCUT2D eigenvalue weighted by Gasteiger charge is -2.20. The lowest BCUT2D eigenvalue weighted by Crippen LogP contribution is -2.29. The van der Waals surface area contributed by atoms with E-state index in [1.807, 2.05) is 0 Å². The lowest BCUT2D eigenvalue weighted by atomic mass is 9.95. The minimum atomic E-state index is -0.954. The molecule has 0 bridgehead atoms. The van der Waals surface area contributed by atoms with Crippen molar-refractivity contribution in [3.8, 4) is 0 Å². The van der Waals surface area contributed by atoms with Gasteiger partial charge in [-0.2, -0.15) is 0 Å². The predicted molar refractivity (Wildman–Crippen MR) is 189 cm³/mol. The fourth-order valence-electron chi connectivity index (χ4n) is 0.739. The van der Waals surface area contributed by atoms with Crippen LogP contribution in [0, 0.1) is 16.2 Å². The summed E-state index contributed by atoms with van der Waals surface area (Å²) in [6, 6.07) is 0. The van der Waals surface area contributed by atoms with Gasteiger partial charge in [-0.1, -0.05) is 20.8 Å². The highest BCUT2D eigenvalue weighted by molar-refractivity contribution is 4.70. The molecule has 0 fully saturated rings. The molecule has 0 aliphatic heterocycles. The van der Waals surface area contributed by atoms with E-state index < -0.39 is 46.8 Å². The minimum Gasteiger partial charge on any atom is -0.396 e. The minimum absolute atomic E-state index is 0.181. The van der Waals surface area contributed by atoms with Gasteiger partial charge >= 0.3 is 0 Å². The van der Waals surface area contributed by atoms with Crippen molar-refractivity contribution in [2.24, 2.45) is 16.2 Å². The van der Waals surface area contributed by atoms with E-state index in [-0.39, 0.29) is 126 Å². The monoisotopic (exact) mass is 820 g/mol. The summed E-state index contributed by atoms with van der Waals surface area (Å²) in [5, 5.41) is 196. The molecule has 24 heteroatoms. The topological polar surface area (TPSA) is 486 Å². The van der Waals surface area contributed by atoms with E-state index >= 15 is 0 Å². The van der Waals surface area contributed by atoms with Crippen molar-refractivity contribution in [3.63, 3.8) is 0 Å². The summed E-state index contributed by atoms with van der Waals surface area (Å²) in [6.07, 6.45) is -4.77. The van der Waals surface area contributed by atoms with E-state index in [1.54, 1.807) is 20.8 Å². The molecule has 0 aliphatic carbocycles. The van der Waals surface area contributed by atoms with E-state index in [0.29, 0.717) is 0 Å². The first kappa shape index (κ1) is 70.8. The molecule has 0 aromatic rings. The second-order valence-electron chi connectivity index (χ2n) is 11.9. The first-order valence-electron chi connectivity index (χ1n) is 16.1. The summed E-state index contributed by atoms with van der Waals surface area (Å²) in [5.74, 6) is 0. The third-order valence-electron chi connectivity index (χ3n) is 5.54. The van der Waals surface area contributed by atoms with Gasteiger partial charge in [0, 0.05) is 16.2 Å². The van der Waals surface area contributed by atoms with E-state index in [9.17, 15) is 0 Å². The van der Waals surface area contributed by atoms with Gasteiger partial charge in [0.05, 0.1) is 126 Å². The summed E-state index contributed by atoms with van der Waals surface area (Å²) in [4.78, 5) is 0. The highest BCUT2D eigenvalue weighted by Gasteiger charge is 2.21. The van der Waals surface area contributed by atoms with Crippen LogP contribution in [0.2, 0.25) is 0 Å². The Morgan fingerprint density at radius 1 is 0.222 bits per heavy atom. The molecule has 340 valence electrons. The smallest absolute Gasteiger partial charge is 0.100 e. The van der Waals surface area contributed by atoms with Crippen LogP contribution in [0.4, 0.5) is 0 Å². The van der Waals surface area contributed by atoms with Crippen LogP contribution in [-0.4, -0.2) is 279 Å². The zero-order chi connectivity index (χ0) is 44.8. The zero-order valence-electron chi connectivity index (χ0n) is 31.6. The Morgan fingerprint density at radius 3 is 0.296 bits per heavy atom. The second kappa shape index (κ2) is 52.0. The van der Waals surface area contributed by atoms with Crippen molar-refractivity contribution in [2.45, 2.75) is 51.3 Å². The van der Waals surface area contributed by atoms with Gasteiger partial charge in [0.15, 0.2) is 0 Å². The Bertz CT molecular complexity index is 483. The third kappa shape index (κ3) is 60.3. The Kier molecular flexibility index (Phi) is 68.2. The van der Waals surface area contributed by atoms with E-state index in [0.717, 1.165) is 0 Å². The fraction of sp³-hybridized carbons (Fsp3) is 1.00. The van der Waals surface area contributed by atoms with Crippen LogP contribution in [0.25, 0.3) is 0 Å². The molecule has 24 nitrogen and oxygen atoms in total. The largest absolute Gasteiger partial charge is 0.396 e. The maximum atomic E-state index is 8.47. The zero-order valence-corrected chi connectivity index (χ0v) is 31.6. The summed E-state index contributed by atoms with van der Waals surface area (Å²) < 4.78 is 0. The Labute approximate surface area is 315 Å². The molecule has 0 unspecified atom stereocenters. The van der Waals surface area contributed by atoms with Crippen LogP contribution in [0.3, 0.4) is 0 Å². The van der Waals surface area contributed by atoms with Crippen molar-refractivity contribution < 1.29 is 123 Å². The maximum Gasteiger partial charge on any atom is 0.100 e. The third-order valence-corrected chi connectivity index (χ3v) is 5.54. The van der Waals surface area contributed by atoms with Gasteiger partial charge in [-0.15, -0.1) is 0 Å². The van der Waals surface area contributed by atoms with Crippen LogP contribution >= 0.6 is 0 Å². The molecule has 0 rings (SSSR count). The molecule has 0 atom stereocenters. The van der Waals surface area contributed by atoms with Crippen molar-refractivity contribution >= 4 is 0 Å². The number of aliphatic hydroxyl groups excluding tert-OH is 24. The van der Waals surface area contributed by atoms with Crippen LogP contribution in [0.15, 0.2) is 0 Å². The molecule has 0 saturated heterocycles. The highest BCUT2D eigenvalue weighted by Crippen LogP contribution is 2.12. The van der Waals surface area contributed by atoms with E-state index in [2.05, 4.69) is 0 Å². The maximum absolute atomic E-state index is 8.47. The van der Waals surface area contributed by atoms with Crippen LogP contribution < -0.4 is 0 Å². The van der Waals surface area contributed by atoms with Crippen LogP contribution in [0.1, 0.15) is 20.8 Å². The standard InChI is InChI=1S/3C5H12O3.5C3H8O3/c3*1-5(2-6,3-7)4-8;5*4-1-3(6)2-5/h3*6-8H,2-4H2,1H3;5*3-6H,1-2H2. The predicted octanol–water partition coefficient (Wildman–Crippen LogP) is -11.4. The fourth-order valence-corrected chi connectivity index (χ4v) is 0.739. The molecule has 0 saturated carbocycles.